The summed E-state index contributed by atoms with van der Waals surface area (Å²) in [6.45, 7) is 0. The third-order valence-electron chi connectivity index (χ3n) is 3.94. The van der Waals surface area contributed by atoms with Crippen LogP contribution in [0.3, 0.4) is 0 Å². The van der Waals surface area contributed by atoms with Crippen molar-refractivity contribution in [3.8, 4) is 0 Å². The van der Waals surface area contributed by atoms with E-state index in [0.717, 1.165) is 23.2 Å². The maximum Gasteiger partial charge on any atom is 0.334 e. The molecule has 1 aromatic heterocycles. The van der Waals surface area contributed by atoms with Crippen molar-refractivity contribution in [2.24, 2.45) is 0 Å². The molecule has 23 heavy (non-hydrogen) atoms. The summed E-state index contributed by atoms with van der Waals surface area (Å²) in [6, 6.07) is 15.8. The normalized spacial score (nSPS) is 16.8. The third-order valence-corrected chi connectivity index (χ3v) is 5.06. The Morgan fingerprint density at radius 2 is 2.00 bits per heavy atom. The Hall–Kier alpha value is -2.47. The van der Waals surface area contributed by atoms with Gasteiger partial charge in [0.25, 0.3) is 0 Å². The summed E-state index contributed by atoms with van der Waals surface area (Å²) < 4.78 is 1.65. The number of hydrogen-bond acceptors (Lipinski definition) is 3. The molecule has 116 valence electrons. The van der Waals surface area contributed by atoms with Gasteiger partial charge in [0.2, 0.25) is 0 Å². The van der Waals surface area contributed by atoms with Crippen LogP contribution in [0.2, 0.25) is 0 Å². The van der Waals surface area contributed by atoms with Gasteiger partial charge in [0.1, 0.15) is 6.33 Å². The van der Waals surface area contributed by atoms with E-state index in [1.54, 1.807) is 11.0 Å². The molecule has 0 aliphatic carbocycles. The first-order valence-electron chi connectivity index (χ1n) is 7.52. The lowest BCUT2D eigenvalue weighted by molar-refractivity contribution is 0.245. The number of rotatable bonds is 2. The average Bonchev–Trinajstić information content (AvgIpc) is 2.98. The molecule has 0 bridgehead atoms. The molecule has 5 nitrogen and oxygen atoms in total. The van der Waals surface area contributed by atoms with E-state index >= 15 is 0 Å². The molecule has 3 aromatic rings. The van der Waals surface area contributed by atoms with E-state index in [-0.39, 0.29) is 12.1 Å². The van der Waals surface area contributed by atoms with E-state index in [4.69, 9.17) is 0 Å². The fourth-order valence-electron chi connectivity index (χ4n) is 2.84. The Bertz CT molecular complexity index is 860. The van der Waals surface area contributed by atoms with Crippen molar-refractivity contribution in [2.45, 2.75) is 17.4 Å². The van der Waals surface area contributed by atoms with E-state index in [1.807, 2.05) is 48.2 Å². The van der Waals surface area contributed by atoms with Gasteiger partial charge >= 0.3 is 6.03 Å². The minimum Gasteiger partial charge on any atom is -0.330 e. The lowest BCUT2D eigenvalue weighted by Crippen LogP contribution is -2.37. The summed E-state index contributed by atoms with van der Waals surface area (Å²) in [7, 11) is 0. The largest absolute Gasteiger partial charge is 0.334 e. The molecule has 0 unspecified atom stereocenters. The number of fused-ring (bicyclic) bond motifs is 2. The van der Waals surface area contributed by atoms with Gasteiger partial charge in [-0.25, -0.2) is 19.9 Å². The number of amides is 2. The summed E-state index contributed by atoms with van der Waals surface area (Å²) >= 11 is 1.84. The van der Waals surface area contributed by atoms with Crippen LogP contribution in [-0.4, -0.2) is 21.4 Å². The zero-order chi connectivity index (χ0) is 15.6. The Labute approximate surface area is 138 Å². The predicted octanol–water partition coefficient (Wildman–Crippen LogP) is 3.53. The summed E-state index contributed by atoms with van der Waals surface area (Å²) in [4.78, 5) is 17.9. The lowest BCUT2D eigenvalue weighted by atomic mass is 10.0. The number of thioether (sulfide) groups is 1. The number of hydrogen-bond donors (Lipinski definition) is 2. The first-order chi connectivity index (χ1) is 11.3. The van der Waals surface area contributed by atoms with E-state index in [1.165, 1.54) is 10.5 Å². The summed E-state index contributed by atoms with van der Waals surface area (Å²) in [6.07, 6.45) is 2.55. The molecule has 1 aliphatic rings. The first-order valence-corrected chi connectivity index (χ1v) is 8.51. The highest BCUT2D eigenvalue weighted by Crippen LogP contribution is 2.35. The van der Waals surface area contributed by atoms with Crippen LogP contribution in [0.1, 0.15) is 18.0 Å². The second-order valence-electron chi connectivity index (χ2n) is 5.42. The molecule has 6 heteroatoms. The minimum atomic E-state index is -0.222. The van der Waals surface area contributed by atoms with Crippen LogP contribution in [-0.2, 0) is 0 Å². The van der Waals surface area contributed by atoms with Crippen molar-refractivity contribution in [2.75, 3.05) is 11.2 Å². The molecule has 2 heterocycles. The van der Waals surface area contributed by atoms with Gasteiger partial charge in [0.15, 0.2) is 0 Å². The number of carbonyl (C=O) groups is 1. The molecule has 0 fully saturated rings. The number of urea groups is 1. The Balaban J connectivity index is 1.51. The molecular formula is C17H16N4OS. The van der Waals surface area contributed by atoms with Gasteiger partial charge < -0.3 is 5.32 Å². The minimum absolute atomic E-state index is 0.0437. The van der Waals surface area contributed by atoms with Crippen molar-refractivity contribution in [1.29, 1.82) is 0 Å². The maximum absolute atomic E-state index is 12.4. The Kier molecular flexibility index (Phi) is 3.67. The van der Waals surface area contributed by atoms with Crippen molar-refractivity contribution in [3.05, 3.63) is 60.4 Å². The highest BCUT2D eigenvalue weighted by Gasteiger charge is 2.22. The zero-order valence-electron chi connectivity index (χ0n) is 12.4. The molecule has 0 spiro atoms. The van der Waals surface area contributed by atoms with E-state index in [2.05, 4.69) is 27.9 Å². The topological polar surface area (TPSA) is 59.0 Å². The van der Waals surface area contributed by atoms with E-state index < -0.39 is 0 Å². The van der Waals surface area contributed by atoms with Crippen molar-refractivity contribution < 1.29 is 4.79 Å². The Morgan fingerprint density at radius 3 is 2.96 bits per heavy atom. The SMILES string of the molecule is O=C(N[C@@H]1CCSc2ccccc21)Nn1cnc2ccccc21. The standard InChI is InChI=1S/C17H16N4OS/c22-17(20-21-11-18-14-6-2-3-7-15(14)21)19-13-9-10-23-16-8-4-1-5-12(13)16/h1-8,11,13H,9-10H2,(H2,19,20,22)/t13-/m1/s1. The van der Waals surface area contributed by atoms with Gasteiger partial charge in [0, 0.05) is 10.6 Å². The van der Waals surface area contributed by atoms with Crippen molar-refractivity contribution >= 4 is 28.8 Å². The molecule has 2 aromatic carbocycles. The van der Waals surface area contributed by atoms with Crippen LogP contribution in [0.25, 0.3) is 11.0 Å². The number of benzene rings is 2. The second-order valence-corrected chi connectivity index (χ2v) is 6.55. The average molecular weight is 324 g/mol. The van der Waals surface area contributed by atoms with Gasteiger partial charge in [-0.05, 0) is 30.2 Å². The quantitative estimate of drug-likeness (QED) is 0.758. The number of imidazole rings is 1. The number of para-hydroxylation sites is 2. The maximum atomic E-state index is 12.4. The fraction of sp³-hybridized carbons (Fsp3) is 0.176. The van der Waals surface area contributed by atoms with Crippen LogP contribution in [0.15, 0.2) is 59.8 Å². The lowest BCUT2D eigenvalue weighted by Gasteiger charge is -2.26. The molecule has 0 saturated carbocycles. The molecule has 2 amide bonds. The number of nitrogens with one attached hydrogen (secondary N) is 2. The summed E-state index contributed by atoms with van der Waals surface area (Å²) in [5, 5.41) is 3.07. The molecular weight excluding hydrogens is 308 g/mol. The molecule has 0 saturated heterocycles. The monoisotopic (exact) mass is 324 g/mol. The number of aromatic nitrogens is 2. The van der Waals surface area contributed by atoms with Crippen LogP contribution in [0.4, 0.5) is 4.79 Å². The van der Waals surface area contributed by atoms with E-state index in [9.17, 15) is 4.79 Å². The predicted molar refractivity (Wildman–Crippen MR) is 92.1 cm³/mol. The van der Waals surface area contributed by atoms with Crippen molar-refractivity contribution in [1.82, 2.24) is 15.0 Å². The zero-order valence-corrected chi connectivity index (χ0v) is 13.2. The smallest absolute Gasteiger partial charge is 0.330 e. The van der Waals surface area contributed by atoms with Gasteiger partial charge in [-0.1, -0.05) is 30.3 Å². The highest BCUT2D eigenvalue weighted by atomic mass is 32.2. The molecule has 0 radical (unpaired) electrons. The first kappa shape index (κ1) is 14.1. The number of nitrogens with zero attached hydrogens (tertiary/aromatic N) is 2. The van der Waals surface area contributed by atoms with Crippen LogP contribution in [0, 0.1) is 0 Å². The molecule has 2 N–H and O–H groups in total. The molecule has 1 aliphatic heterocycles. The van der Waals surface area contributed by atoms with Crippen molar-refractivity contribution in [3.63, 3.8) is 0 Å². The van der Waals surface area contributed by atoms with Gasteiger partial charge in [-0.15, -0.1) is 11.8 Å². The highest BCUT2D eigenvalue weighted by molar-refractivity contribution is 7.99. The van der Waals surface area contributed by atoms with Crippen LogP contribution >= 0.6 is 11.8 Å². The third kappa shape index (κ3) is 2.77. The summed E-state index contributed by atoms with van der Waals surface area (Å²) in [5.41, 5.74) is 5.76. The van der Waals surface area contributed by atoms with Crippen LogP contribution in [0.5, 0.6) is 0 Å². The van der Waals surface area contributed by atoms with Gasteiger partial charge in [0.05, 0.1) is 17.1 Å². The number of carbonyl (C=O) groups excluding carboxylic acids is 1. The van der Waals surface area contributed by atoms with Crippen LogP contribution < -0.4 is 10.7 Å². The Morgan fingerprint density at radius 1 is 1.17 bits per heavy atom. The molecule has 4 rings (SSSR count). The second kappa shape index (κ2) is 5.96. The van der Waals surface area contributed by atoms with Gasteiger partial charge in [-0.3, -0.25) is 0 Å². The summed E-state index contributed by atoms with van der Waals surface area (Å²) in [5.74, 6) is 1.01. The van der Waals surface area contributed by atoms with Gasteiger partial charge in [-0.2, -0.15) is 0 Å². The van der Waals surface area contributed by atoms with E-state index in [0.29, 0.717) is 0 Å². The molecule has 1 atom stereocenters. The fourth-order valence-corrected chi connectivity index (χ4v) is 3.97.